The number of aromatic nitrogens is 3. The Bertz CT molecular complexity index is 397. The Morgan fingerprint density at radius 2 is 1.94 bits per heavy atom. The molecule has 1 aromatic rings. The van der Waals surface area contributed by atoms with Crippen molar-refractivity contribution in [2.24, 2.45) is 0 Å². The average molecular weight is 278 g/mol. The summed E-state index contributed by atoms with van der Waals surface area (Å²) in [5, 5.41) is 9.89. The fraction of sp³-hybridized carbons (Fsp3) is 0.556. The Balaban J connectivity index is 2.61. The van der Waals surface area contributed by atoms with Gasteiger partial charge in [0.15, 0.2) is 11.0 Å². The minimum Gasteiger partial charge on any atom is -0.358 e. The van der Waals surface area contributed by atoms with Gasteiger partial charge in [0, 0.05) is 13.1 Å². The third-order valence-electron chi connectivity index (χ3n) is 2.14. The lowest BCUT2D eigenvalue weighted by Crippen LogP contribution is -2.35. The topological polar surface area (TPSA) is 71.0 Å². The summed E-state index contributed by atoms with van der Waals surface area (Å²) in [5.74, 6) is 0.216. The molecule has 0 atom stereocenters. The van der Waals surface area contributed by atoms with Gasteiger partial charge in [-0.05, 0) is 25.4 Å². The maximum Gasteiger partial charge on any atom is 0.245 e. The van der Waals surface area contributed by atoms with Crippen LogP contribution in [0.5, 0.6) is 0 Å². The Hall–Kier alpha value is -1.14. The van der Waals surface area contributed by atoms with E-state index in [-0.39, 0.29) is 28.7 Å². The number of anilines is 1. The number of nitrogens with zero attached hydrogens (tertiary/aromatic N) is 4. The lowest BCUT2D eigenvalue weighted by molar-refractivity contribution is -0.128. The van der Waals surface area contributed by atoms with Crippen molar-refractivity contribution in [2.45, 2.75) is 13.8 Å². The van der Waals surface area contributed by atoms with Crippen molar-refractivity contribution in [3.8, 4) is 0 Å². The van der Waals surface area contributed by atoms with Crippen molar-refractivity contribution in [2.75, 3.05) is 25.0 Å². The second-order valence-electron chi connectivity index (χ2n) is 3.14. The van der Waals surface area contributed by atoms with Gasteiger partial charge >= 0.3 is 0 Å². The summed E-state index contributed by atoms with van der Waals surface area (Å²) >= 11 is 11.3. The molecule has 0 fully saturated rings. The third-order valence-corrected chi connectivity index (χ3v) is 2.56. The molecule has 0 unspecified atom stereocenters. The maximum absolute atomic E-state index is 11.7. The quantitative estimate of drug-likeness (QED) is 0.882. The van der Waals surface area contributed by atoms with Crippen molar-refractivity contribution >= 4 is 34.9 Å². The summed E-state index contributed by atoms with van der Waals surface area (Å²) in [6.45, 7) is 5.24. The van der Waals surface area contributed by atoms with Crippen LogP contribution in [0.15, 0.2) is 0 Å². The zero-order valence-corrected chi connectivity index (χ0v) is 11.1. The van der Waals surface area contributed by atoms with Crippen molar-refractivity contribution in [3.63, 3.8) is 0 Å². The van der Waals surface area contributed by atoms with E-state index in [0.717, 1.165) is 0 Å². The van der Waals surface area contributed by atoms with Crippen LogP contribution >= 0.6 is 23.2 Å². The van der Waals surface area contributed by atoms with Gasteiger partial charge in [-0.3, -0.25) is 4.79 Å². The summed E-state index contributed by atoms with van der Waals surface area (Å²) in [6, 6.07) is 0. The van der Waals surface area contributed by atoms with Crippen LogP contribution in [-0.2, 0) is 4.79 Å². The number of hydrogen-bond donors (Lipinski definition) is 1. The fourth-order valence-corrected chi connectivity index (χ4v) is 1.52. The molecule has 0 saturated heterocycles. The molecular weight excluding hydrogens is 265 g/mol. The zero-order chi connectivity index (χ0) is 12.8. The van der Waals surface area contributed by atoms with Gasteiger partial charge < -0.3 is 10.2 Å². The van der Waals surface area contributed by atoms with E-state index in [2.05, 4.69) is 20.5 Å². The molecule has 1 rings (SSSR count). The van der Waals surface area contributed by atoms with Gasteiger partial charge in [0.25, 0.3) is 0 Å². The first kappa shape index (κ1) is 13.9. The zero-order valence-electron chi connectivity index (χ0n) is 9.57. The molecule has 0 aliphatic carbocycles. The molecule has 1 heterocycles. The van der Waals surface area contributed by atoms with Gasteiger partial charge in [-0.15, -0.1) is 10.2 Å². The minimum atomic E-state index is -0.0409. The van der Waals surface area contributed by atoms with E-state index in [0.29, 0.717) is 13.1 Å². The van der Waals surface area contributed by atoms with E-state index in [1.165, 1.54) is 0 Å². The Morgan fingerprint density at radius 1 is 1.29 bits per heavy atom. The van der Waals surface area contributed by atoms with Crippen LogP contribution in [0.25, 0.3) is 0 Å². The number of likely N-dealkylation sites (N-methyl/N-ethyl adjacent to an activating group) is 1. The highest BCUT2D eigenvalue weighted by molar-refractivity contribution is 6.32. The van der Waals surface area contributed by atoms with E-state index in [1.807, 2.05) is 13.8 Å². The molecular formula is C9H13Cl2N5O. The van der Waals surface area contributed by atoms with E-state index in [4.69, 9.17) is 23.2 Å². The number of hydrogen-bond acceptors (Lipinski definition) is 5. The Morgan fingerprint density at radius 3 is 2.53 bits per heavy atom. The normalized spacial score (nSPS) is 10.1. The second kappa shape index (κ2) is 6.56. The molecule has 0 radical (unpaired) electrons. The first-order valence-electron chi connectivity index (χ1n) is 5.15. The molecule has 1 aromatic heterocycles. The molecule has 0 aromatic carbocycles. The van der Waals surface area contributed by atoms with Crippen LogP contribution in [0.4, 0.5) is 5.82 Å². The lowest BCUT2D eigenvalue weighted by Gasteiger charge is -2.18. The lowest BCUT2D eigenvalue weighted by atomic mass is 10.4. The first-order valence-corrected chi connectivity index (χ1v) is 5.91. The molecule has 1 N–H and O–H groups in total. The predicted molar refractivity (Wildman–Crippen MR) is 66.3 cm³/mol. The molecule has 0 aliphatic heterocycles. The third kappa shape index (κ3) is 3.98. The summed E-state index contributed by atoms with van der Waals surface area (Å²) in [5.41, 5.74) is 0. The largest absolute Gasteiger partial charge is 0.358 e. The van der Waals surface area contributed by atoms with Gasteiger partial charge in [-0.2, -0.15) is 4.98 Å². The van der Waals surface area contributed by atoms with Gasteiger partial charge in [-0.25, -0.2) is 0 Å². The van der Waals surface area contributed by atoms with Crippen LogP contribution < -0.4 is 5.32 Å². The molecule has 17 heavy (non-hydrogen) atoms. The van der Waals surface area contributed by atoms with Crippen LogP contribution in [0.3, 0.4) is 0 Å². The first-order chi connectivity index (χ1) is 8.08. The molecule has 0 saturated carbocycles. The number of nitrogens with one attached hydrogen (secondary N) is 1. The number of halogens is 2. The average Bonchev–Trinajstić information content (AvgIpc) is 2.32. The molecule has 8 heteroatoms. The van der Waals surface area contributed by atoms with Gasteiger partial charge in [0.2, 0.25) is 11.2 Å². The van der Waals surface area contributed by atoms with Crippen molar-refractivity contribution in [3.05, 3.63) is 10.4 Å². The van der Waals surface area contributed by atoms with Gasteiger partial charge in [0.1, 0.15) is 0 Å². The number of rotatable bonds is 5. The summed E-state index contributed by atoms with van der Waals surface area (Å²) in [6.07, 6.45) is 0. The van der Waals surface area contributed by atoms with E-state index < -0.39 is 0 Å². The molecule has 0 spiro atoms. The number of amides is 1. The maximum atomic E-state index is 11.7. The Kier molecular flexibility index (Phi) is 5.37. The van der Waals surface area contributed by atoms with E-state index >= 15 is 0 Å². The van der Waals surface area contributed by atoms with Gasteiger partial charge in [-0.1, -0.05) is 11.6 Å². The fourth-order valence-electron chi connectivity index (χ4n) is 1.25. The summed E-state index contributed by atoms with van der Waals surface area (Å²) < 4.78 is 0. The van der Waals surface area contributed by atoms with Crippen LogP contribution in [-0.4, -0.2) is 45.6 Å². The van der Waals surface area contributed by atoms with Crippen LogP contribution in [0.1, 0.15) is 13.8 Å². The molecule has 94 valence electrons. The summed E-state index contributed by atoms with van der Waals surface area (Å²) in [4.78, 5) is 17.2. The molecule has 1 amide bonds. The SMILES string of the molecule is CCN(CC)C(=O)CNc1nc(Cl)nnc1Cl. The molecule has 0 aliphatic rings. The van der Waals surface area contributed by atoms with E-state index in [1.54, 1.807) is 4.90 Å². The van der Waals surface area contributed by atoms with E-state index in [9.17, 15) is 4.79 Å². The highest BCUT2D eigenvalue weighted by Crippen LogP contribution is 2.15. The predicted octanol–water partition coefficient (Wildman–Crippen LogP) is 1.46. The second-order valence-corrected chi connectivity index (χ2v) is 3.84. The van der Waals surface area contributed by atoms with Crippen LogP contribution in [0, 0.1) is 0 Å². The van der Waals surface area contributed by atoms with Crippen molar-refractivity contribution in [1.82, 2.24) is 20.1 Å². The Labute approximate surface area is 109 Å². The van der Waals surface area contributed by atoms with Crippen LogP contribution in [0.2, 0.25) is 10.4 Å². The highest BCUT2D eigenvalue weighted by atomic mass is 35.5. The monoisotopic (exact) mass is 277 g/mol. The number of carbonyl (C=O) groups excluding carboxylic acids is 1. The summed E-state index contributed by atoms with van der Waals surface area (Å²) in [7, 11) is 0. The standard InChI is InChI=1S/C9H13Cl2N5O/c1-3-16(4-2)6(17)5-12-8-7(10)14-15-9(11)13-8/h3-5H2,1-2H3,(H,12,13,15). The minimum absolute atomic E-state index is 0.0211. The smallest absolute Gasteiger partial charge is 0.245 e. The van der Waals surface area contributed by atoms with Crippen molar-refractivity contribution < 1.29 is 4.79 Å². The van der Waals surface area contributed by atoms with Crippen molar-refractivity contribution in [1.29, 1.82) is 0 Å². The van der Waals surface area contributed by atoms with Gasteiger partial charge in [0.05, 0.1) is 6.54 Å². The molecule has 0 bridgehead atoms. The highest BCUT2D eigenvalue weighted by Gasteiger charge is 2.11. The number of carbonyl (C=O) groups is 1. The molecule has 6 nitrogen and oxygen atoms in total.